The molecule has 0 aromatic carbocycles. The molecule has 0 bridgehead atoms. The number of rotatable bonds is 1. The number of hydrogen-bond donors (Lipinski definition) is 1. The van der Waals surface area contributed by atoms with Gasteiger partial charge < -0.3 is 10.2 Å². The second-order valence-electron chi connectivity index (χ2n) is 5.88. The maximum Gasteiger partial charge on any atom is 0.226 e. The molecule has 100 valence electrons. The summed E-state index contributed by atoms with van der Waals surface area (Å²) in [5.41, 5.74) is -0.223. The van der Waals surface area contributed by atoms with Crippen molar-refractivity contribution in [2.45, 2.75) is 38.3 Å². The first-order valence-corrected chi connectivity index (χ1v) is 6.82. The molecule has 0 aromatic heterocycles. The number of likely N-dealkylation sites (tertiary alicyclic amines) is 1. The van der Waals surface area contributed by atoms with Gasteiger partial charge in [0.15, 0.2) is 0 Å². The van der Waals surface area contributed by atoms with Gasteiger partial charge in [-0.15, -0.1) is 0 Å². The molecule has 3 rings (SSSR count). The average Bonchev–Trinajstić information content (AvgIpc) is 2.67. The van der Waals surface area contributed by atoms with Crippen molar-refractivity contribution in [3.05, 3.63) is 0 Å². The van der Waals surface area contributed by atoms with Crippen LogP contribution < -0.4 is 5.32 Å². The minimum atomic E-state index is -0.782. The monoisotopic (exact) mass is 254 g/mol. The van der Waals surface area contributed by atoms with Gasteiger partial charge in [0.05, 0.1) is 5.41 Å². The van der Waals surface area contributed by atoms with Crippen LogP contribution in [0.25, 0.3) is 0 Å². The molecule has 18 heavy (non-hydrogen) atoms. The number of nitrogens with one attached hydrogen (secondary N) is 1. The normalized spacial score (nSPS) is 34.3. The summed E-state index contributed by atoms with van der Waals surface area (Å²) < 4.78 is 12.8. The van der Waals surface area contributed by atoms with E-state index in [1.54, 1.807) is 0 Å². The molecule has 2 amide bonds. The van der Waals surface area contributed by atoms with Crippen LogP contribution in [0.5, 0.6) is 0 Å². The summed E-state index contributed by atoms with van der Waals surface area (Å²) >= 11 is 0. The van der Waals surface area contributed by atoms with Crippen molar-refractivity contribution >= 4 is 11.8 Å². The lowest BCUT2D eigenvalue weighted by Crippen LogP contribution is -2.49. The van der Waals surface area contributed by atoms with Gasteiger partial charge in [-0.2, -0.15) is 0 Å². The van der Waals surface area contributed by atoms with Gasteiger partial charge >= 0.3 is 0 Å². The number of carbonyl (C=O) groups is 2. The highest BCUT2D eigenvalue weighted by molar-refractivity contribution is 5.85. The van der Waals surface area contributed by atoms with Crippen molar-refractivity contribution in [1.29, 1.82) is 0 Å². The number of carbonyl (C=O) groups excluding carboxylic acids is 2. The Kier molecular flexibility index (Phi) is 2.79. The third-order valence-corrected chi connectivity index (χ3v) is 4.83. The van der Waals surface area contributed by atoms with Gasteiger partial charge in [0.25, 0.3) is 0 Å². The number of hydrogen-bond acceptors (Lipinski definition) is 2. The molecule has 0 aromatic rings. The van der Waals surface area contributed by atoms with E-state index >= 15 is 0 Å². The Morgan fingerprint density at radius 2 is 1.94 bits per heavy atom. The third kappa shape index (κ3) is 1.80. The van der Waals surface area contributed by atoms with E-state index in [4.69, 9.17) is 0 Å². The zero-order chi connectivity index (χ0) is 12.8. The Bertz CT molecular complexity index is 371. The fourth-order valence-corrected chi connectivity index (χ4v) is 3.36. The van der Waals surface area contributed by atoms with Crippen LogP contribution in [0.1, 0.15) is 32.1 Å². The predicted octanol–water partition coefficient (Wildman–Crippen LogP) is 0.863. The van der Waals surface area contributed by atoms with Gasteiger partial charge in [-0.25, -0.2) is 4.39 Å². The first-order valence-electron chi connectivity index (χ1n) is 6.82. The topological polar surface area (TPSA) is 49.4 Å². The van der Waals surface area contributed by atoms with Gasteiger partial charge in [-0.05, 0) is 32.1 Å². The molecule has 0 radical (unpaired) electrons. The molecule has 2 aliphatic heterocycles. The van der Waals surface area contributed by atoms with E-state index in [0.29, 0.717) is 25.9 Å². The molecule has 1 saturated carbocycles. The number of amides is 2. The van der Waals surface area contributed by atoms with E-state index in [9.17, 15) is 14.0 Å². The van der Waals surface area contributed by atoms with Gasteiger partial charge in [0.1, 0.15) is 6.17 Å². The van der Waals surface area contributed by atoms with Gasteiger partial charge in [0, 0.05) is 25.6 Å². The molecule has 0 atom stereocenters. The standard InChI is InChI=1S/C13H19FN2O2/c14-10-7-9(8-10)11(17)16-5-2-13(3-6-16)1-4-15-12(13)18/h9-10H,1-8H2,(H,15,18). The van der Waals surface area contributed by atoms with Crippen LogP contribution in [-0.2, 0) is 9.59 Å². The Morgan fingerprint density at radius 1 is 1.28 bits per heavy atom. The Morgan fingerprint density at radius 3 is 2.44 bits per heavy atom. The van der Waals surface area contributed by atoms with Gasteiger partial charge in [-0.1, -0.05) is 0 Å². The molecule has 1 spiro atoms. The van der Waals surface area contributed by atoms with Crippen LogP contribution >= 0.6 is 0 Å². The summed E-state index contributed by atoms with van der Waals surface area (Å²) in [6, 6.07) is 0. The van der Waals surface area contributed by atoms with E-state index in [1.165, 1.54) is 0 Å². The zero-order valence-corrected chi connectivity index (χ0v) is 10.5. The maximum absolute atomic E-state index is 12.8. The van der Waals surface area contributed by atoms with Crippen LogP contribution in [0.15, 0.2) is 0 Å². The van der Waals surface area contributed by atoms with Crippen LogP contribution in [0.4, 0.5) is 4.39 Å². The van der Waals surface area contributed by atoms with E-state index < -0.39 is 6.17 Å². The average molecular weight is 254 g/mol. The highest BCUT2D eigenvalue weighted by atomic mass is 19.1. The fourth-order valence-electron chi connectivity index (χ4n) is 3.36. The molecule has 5 heteroatoms. The van der Waals surface area contributed by atoms with Crippen LogP contribution in [-0.4, -0.2) is 42.5 Å². The highest BCUT2D eigenvalue weighted by Crippen LogP contribution is 2.39. The number of alkyl halides is 1. The van der Waals surface area contributed by atoms with Crippen LogP contribution in [0.2, 0.25) is 0 Å². The maximum atomic E-state index is 12.8. The summed E-state index contributed by atoms with van der Waals surface area (Å²) in [7, 11) is 0. The highest BCUT2D eigenvalue weighted by Gasteiger charge is 2.46. The summed E-state index contributed by atoms with van der Waals surface area (Å²) in [5, 5.41) is 2.88. The summed E-state index contributed by atoms with van der Waals surface area (Å²) in [4.78, 5) is 25.7. The Balaban J connectivity index is 1.57. The van der Waals surface area contributed by atoms with Crippen molar-refractivity contribution < 1.29 is 14.0 Å². The zero-order valence-electron chi connectivity index (χ0n) is 10.5. The molecule has 3 fully saturated rings. The largest absolute Gasteiger partial charge is 0.356 e. The summed E-state index contributed by atoms with van der Waals surface area (Å²) in [6.07, 6.45) is 2.41. The van der Waals surface area contributed by atoms with E-state index in [1.807, 2.05) is 4.90 Å². The fraction of sp³-hybridized carbons (Fsp3) is 0.846. The lowest BCUT2D eigenvalue weighted by atomic mass is 9.76. The molecule has 1 aliphatic carbocycles. The molecule has 1 N–H and O–H groups in total. The lowest BCUT2D eigenvalue weighted by molar-refractivity contribution is -0.145. The smallest absolute Gasteiger partial charge is 0.226 e. The number of nitrogens with zero attached hydrogens (tertiary/aromatic N) is 1. The Hall–Kier alpha value is -1.13. The van der Waals surface area contributed by atoms with Crippen molar-refractivity contribution in [3.8, 4) is 0 Å². The van der Waals surface area contributed by atoms with E-state index in [2.05, 4.69) is 5.32 Å². The molecular weight excluding hydrogens is 235 g/mol. The number of halogens is 1. The van der Waals surface area contributed by atoms with Gasteiger partial charge in [0.2, 0.25) is 11.8 Å². The summed E-state index contributed by atoms with van der Waals surface area (Å²) in [5.74, 6) is 0.144. The predicted molar refractivity (Wildman–Crippen MR) is 63.5 cm³/mol. The first-order chi connectivity index (χ1) is 8.61. The SMILES string of the molecule is O=C(C1CC(F)C1)N1CCC2(CCNC2=O)CC1. The lowest BCUT2D eigenvalue weighted by Gasteiger charge is -2.40. The van der Waals surface area contributed by atoms with Crippen LogP contribution in [0.3, 0.4) is 0 Å². The molecule has 3 aliphatic rings. The van der Waals surface area contributed by atoms with Crippen molar-refractivity contribution in [1.82, 2.24) is 10.2 Å². The minimum Gasteiger partial charge on any atom is -0.356 e. The quantitative estimate of drug-likeness (QED) is 0.754. The van der Waals surface area contributed by atoms with Crippen molar-refractivity contribution in [2.75, 3.05) is 19.6 Å². The molecule has 4 nitrogen and oxygen atoms in total. The third-order valence-electron chi connectivity index (χ3n) is 4.83. The second kappa shape index (κ2) is 4.21. The van der Waals surface area contributed by atoms with E-state index in [0.717, 1.165) is 25.8 Å². The van der Waals surface area contributed by atoms with Gasteiger partial charge in [-0.3, -0.25) is 9.59 Å². The molecule has 2 heterocycles. The molecule has 0 unspecified atom stereocenters. The number of piperidine rings is 1. The Labute approximate surface area is 106 Å². The molecular formula is C13H19FN2O2. The van der Waals surface area contributed by atoms with Crippen molar-refractivity contribution in [2.24, 2.45) is 11.3 Å². The minimum absolute atomic E-state index is 0.0946. The van der Waals surface area contributed by atoms with Crippen LogP contribution in [0, 0.1) is 11.3 Å². The van der Waals surface area contributed by atoms with Crippen molar-refractivity contribution in [3.63, 3.8) is 0 Å². The first kappa shape index (κ1) is 11.9. The molecule has 2 saturated heterocycles. The second-order valence-corrected chi connectivity index (χ2v) is 5.88. The van der Waals surface area contributed by atoms with E-state index in [-0.39, 0.29) is 23.1 Å². The summed E-state index contributed by atoms with van der Waals surface area (Å²) in [6.45, 7) is 2.07.